The van der Waals surface area contributed by atoms with Gasteiger partial charge in [0.2, 0.25) is 0 Å². The normalized spacial score (nSPS) is 11.9. The second-order valence-corrected chi connectivity index (χ2v) is 10.6. The van der Waals surface area contributed by atoms with Crippen LogP contribution in [-0.4, -0.2) is 14.5 Å². The van der Waals surface area contributed by atoms with Crippen LogP contribution < -0.4 is 0 Å². The minimum Gasteiger partial charge on any atom is -0.309 e. The molecule has 0 N–H and O–H groups in total. The lowest BCUT2D eigenvalue weighted by atomic mass is 9.80. The van der Waals surface area contributed by atoms with Gasteiger partial charge in [0.25, 0.3) is 0 Å². The summed E-state index contributed by atoms with van der Waals surface area (Å²) < 4.78 is 2.39. The average molecular weight is 522 g/mol. The number of benzene rings is 5. The highest BCUT2D eigenvalue weighted by Gasteiger charge is 2.24. The third-order valence-electron chi connectivity index (χ3n) is 8.48. The lowest BCUT2D eigenvalue weighted by molar-refractivity contribution is 1.18. The maximum absolute atomic E-state index is 4.87. The number of aromatic nitrogens is 3. The molecule has 0 spiro atoms. The van der Waals surface area contributed by atoms with Crippen molar-refractivity contribution in [1.82, 2.24) is 14.5 Å². The largest absolute Gasteiger partial charge is 0.309 e. The standard InChI is InChI=1S/C38H23N3/c1-2-11-26-25(10-1)27-12-3-4-15-31(27)37-32-16-9-21-39-38(32)40-23-34(37)33-22-24(19-20-28(26)33)41-35-17-7-5-13-29(35)30-14-6-8-18-36(30)41/h1-23H. The van der Waals surface area contributed by atoms with E-state index in [1.807, 2.05) is 18.5 Å². The van der Waals surface area contributed by atoms with Crippen LogP contribution >= 0.6 is 0 Å². The summed E-state index contributed by atoms with van der Waals surface area (Å²) in [5.74, 6) is 0. The summed E-state index contributed by atoms with van der Waals surface area (Å²) in [6.45, 7) is 0. The van der Waals surface area contributed by atoms with Gasteiger partial charge in [0, 0.05) is 45.4 Å². The Morgan fingerprint density at radius 2 is 0.976 bits per heavy atom. The number of hydrogen-bond donors (Lipinski definition) is 0. The number of pyridine rings is 2. The van der Waals surface area contributed by atoms with Gasteiger partial charge in [-0.3, -0.25) is 0 Å². The van der Waals surface area contributed by atoms with Crippen molar-refractivity contribution >= 4 is 32.8 Å². The number of fused-ring (bicyclic) bond motifs is 13. The van der Waals surface area contributed by atoms with Crippen LogP contribution in [0.2, 0.25) is 0 Å². The van der Waals surface area contributed by atoms with E-state index in [0.717, 1.165) is 22.3 Å². The second-order valence-electron chi connectivity index (χ2n) is 10.6. The summed E-state index contributed by atoms with van der Waals surface area (Å²) >= 11 is 0. The van der Waals surface area contributed by atoms with Gasteiger partial charge >= 0.3 is 0 Å². The Morgan fingerprint density at radius 3 is 1.68 bits per heavy atom. The first-order valence-corrected chi connectivity index (χ1v) is 13.9. The monoisotopic (exact) mass is 521 g/mol. The van der Waals surface area contributed by atoms with E-state index in [2.05, 4.69) is 131 Å². The zero-order valence-corrected chi connectivity index (χ0v) is 22.1. The smallest absolute Gasteiger partial charge is 0.159 e. The van der Waals surface area contributed by atoms with E-state index in [-0.39, 0.29) is 0 Å². The summed E-state index contributed by atoms with van der Waals surface area (Å²) in [6, 6.07) is 45.9. The fourth-order valence-electron chi connectivity index (χ4n) is 6.74. The van der Waals surface area contributed by atoms with Crippen molar-refractivity contribution in [2.45, 2.75) is 0 Å². The van der Waals surface area contributed by atoms with Gasteiger partial charge in [-0.2, -0.15) is 0 Å². The fraction of sp³-hybridized carbons (Fsp3) is 0. The Balaban J connectivity index is 1.44. The highest BCUT2D eigenvalue weighted by molar-refractivity contribution is 6.11. The summed E-state index contributed by atoms with van der Waals surface area (Å²) in [7, 11) is 0. The molecule has 0 saturated heterocycles. The van der Waals surface area contributed by atoms with Gasteiger partial charge in [0.1, 0.15) is 0 Å². The van der Waals surface area contributed by atoms with Crippen molar-refractivity contribution in [3.63, 3.8) is 0 Å². The van der Waals surface area contributed by atoms with Crippen molar-refractivity contribution in [2.24, 2.45) is 0 Å². The number of para-hydroxylation sites is 2. The number of hydrogen-bond acceptors (Lipinski definition) is 2. The lowest BCUT2D eigenvalue weighted by Gasteiger charge is -2.24. The van der Waals surface area contributed by atoms with Crippen LogP contribution in [0.1, 0.15) is 0 Å². The van der Waals surface area contributed by atoms with Crippen LogP contribution in [0.4, 0.5) is 0 Å². The summed E-state index contributed by atoms with van der Waals surface area (Å²) in [4.78, 5) is 9.50. The summed E-state index contributed by atoms with van der Waals surface area (Å²) in [5.41, 5.74) is 13.8. The van der Waals surface area contributed by atoms with Crippen molar-refractivity contribution in [1.29, 1.82) is 0 Å². The molecule has 9 rings (SSSR count). The zero-order chi connectivity index (χ0) is 26.9. The van der Waals surface area contributed by atoms with E-state index in [1.54, 1.807) is 0 Å². The zero-order valence-electron chi connectivity index (χ0n) is 22.1. The summed E-state index contributed by atoms with van der Waals surface area (Å²) in [6.07, 6.45) is 3.84. The first-order chi connectivity index (χ1) is 20.4. The molecule has 3 nitrogen and oxygen atoms in total. The Kier molecular flexibility index (Phi) is 4.61. The fourth-order valence-corrected chi connectivity index (χ4v) is 6.74. The molecule has 0 aliphatic heterocycles. The maximum atomic E-state index is 4.87. The van der Waals surface area contributed by atoms with E-state index in [4.69, 9.17) is 4.98 Å². The molecule has 0 radical (unpaired) electrons. The van der Waals surface area contributed by atoms with Gasteiger partial charge in [0.05, 0.1) is 11.0 Å². The van der Waals surface area contributed by atoms with Gasteiger partial charge in [-0.25, -0.2) is 9.97 Å². The average Bonchev–Trinajstić information content (AvgIpc) is 3.38. The van der Waals surface area contributed by atoms with Crippen molar-refractivity contribution in [2.75, 3.05) is 0 Å². The molecule has 0 unspecified atom stereocenters. The predicted octanol–water partition coefficient (Wildman–Crippen LogP) is 9.71. The molecule has 0 bridgehead atoms. The van der Waals surface area contributed by atoms with Gasteiger partial charge in [-0.05, 0) is 69.8 Å². The van der Waals surface area contributed by atoms with Crippen LogP contribution in [0, 0.1) is 0 Å². The Morgan fingerprint density at radius 1 is 0.415 bits per heavy atom. The molecule has 5 aromatic carbocycles. The van der Waals surface area contributed by atoms with E-state index in [0.29, 0.717) is 0 Å². The maximum Gasteiger partial charge on any atom is 0.159 e. The van der Waals surface area contributed by atoms with Gasteiger partial charge < -0.3 is 4.57 Å². The van der Waals surface area contributed by atoms with E-state index in [9.17, 15) is 0 Å². The first-order valence-electron chi connectivity index (χ1n) is 13.9. The molecule has 41 heavy (non-hydrogen) atoms. The molecule has 1 aliphatic carbocycles. The van der Waals surface area contributed by atoms with E-state index < -0.39 is 0 Å². The third-order valence-corrected chi connectivity index (χ3v) is 8.48. The molecule has 1 aliphatic rings. The Hall–Kier alpha value is -5.54. The van der Waals surface area contributed by atoms with Crippen LogP contribution in [0.15, 0.2) is 140 Å². The van der Waals surface area contributed by atoms with Crippen molar-refractivity contribution in [3.05, 3.63) is 140 Å². The molecule has 0 saturated carbocycles. The van der Waals surface area contributed by atoms with Gasteiger partial charge in [0.15, 0.2) is 5.65 Å². The minimum absolute atomic E-state index is 0.759. The molecule has 3 heteroatoms. The van der Waals surface area contributed by atoms with Crippen LogP contribution in [0.25, 0.3) is 83.0 Å². The molecule has 0 atom stereocenters. The Labute approximate surface area is 237 Å². The van der Waals surface area contributed by atoms with E-state index >= 15 is 0 Å². The Bertz CT molecular complexity index is 2270. The lowest BCUT2D eigenvalue weighted by Crippen LogP contribution is -2.01. The molecular formula is C38H23N3. The quantitative estimate of drug-likeness (QED) is 0.215. The topological polar surface area (TPSA) is 30.7 Å². The highest BCUT2D eigenvalue weighted by atomic mass is 15.0. The van der Waals surface area contributed by atoms with Crippen molar-refractivity contribution < 1.29 is 0 Å². The summed E-state index contributed by atoms with van der Waals surface area (Å²) in [5, 5.41) is 3.58. The van der Waals surface area contributed by atoms with E-state index in [1.165, 1.54) is 60.8 Å². The van der Waals surface area contributed by atoms with Gasteiger partial charge in [-0.1, -0.05) is 91.0 Å². The molecule has 0 amide bonds. The molecule has 190 valence electrons. The van der Waals surface area contributed by atoms with Gasteiger partial charge in [-0.15, -0.1) is 0 Å². The third kappa shape index (κ3) is 3.14. The number of nitrogens with zero attached hydrogens (tertiary/aromatic N) is 3. The highest BCUT2D eigenvalue weighted by Crippen LogP contribution is 2.49. The SMILES string of the molecule is c1ccc2c(c1)-c1ccc(-n3c4ccccc4c4ccccc43)cc1-c1cnc3ncccc3c1-c1ccccc1-2. The molecule has 3 aromatic heterocycles. The second kappa shape index (κ2) is 8.48. The van der Waals surface area contributed by atoms with Crippen LogP contribution in [0.3, 0.4) is 0 Å². The molecule has 3 heterocycles. The van der Waals surface area contributed by atoms with Crippen molar-refractivity contribution in [3.8, 4) is 50.2 Å². The molecular weight excluding hydrogens is 498 g/mol. The number of rotatable bonds is 1. The molecule has 0 fully saturated rings. The van der Waals surface area contributed by atoms with Crippen LogP contribution in [0.5, 0.6) is 0 Å². The minimum atomic E-state index is 0.759. The van der Waals surface area contributed by atoms with Crippen LogP contribution in [-0.2, 0) is 0 Å². The molecule has 8 aromatic rings. The predicted molar refractivity (Wildman–Crippen MR) is 169 cm³/mol. The first kappa shape index (κ1) is 22.3.